The average Bonchev–Trinajstić information content (AvgIpc) is 2.36. The maximum atomic E-state index is 12.4. The fourth-order valence-corrected chi connectivity index (χ4v) is 2.05. The summed E-state index contributed by atoms with van der Waals surface area (Å²) in [5.41, 5.74) is 0.527. The van der Waals surface area contributed by atoms with Crippen molar-refractivity contribution in [2.24, 2.45) is 11.3 Å². The molecule has 8 heavy (non-hydrogen) atoms. The highest BCUT2D eigenvalue weighted by molar-refractivity contribution is 5.15. The van der Waals surface area contributed by atoms with Gasteiger partial charge in [0, 0.05) is 0 Å². The van der Waals surface area contributed by atoms with Gasteiger partial charge in [0.15, 0.2) is 0 Å². The third kappa shape index (κ3) is 0.329. The normalized spacial score (nSPS) is 59.2. The Morgan fingerprint density at radius 2 is 2.38 bits per heavy atom. The van der Waals surface area contributed by atoms with E-state index in [0.29, 0.717) is 11.3 Å². The van der Waals surface area contributed by atoms with Gasteiger partial charge in [0.05, 0.1) is 0 Å². The van der Waals surface area contributed by atoms with Crippen LogP contribution in [-0.4, -0.2) is 6.17 Å². The number of hydrogen-bond donors (Lipinski definition) is 0. The second-order valence-corrected chi connectivity index (χ2v) is 3.25. The first-order valence-electron chi connectivity index (χ1n) is 3.42. The molecule has 2 rings (SSSR count). The Balaban J connectivity index is 2.02. The van der Waals surface area contributed by atoms with Crippen molar-refractivity contribution in [3.63, 3.8) is 0 Å². The molecule has 2 aliphatic carbocycles. The Morgan fingerprint density at radius 1 is 1.62 bits per heavy atom. The smallest absolute Gasteiger partial charge is 0.104 e. The summed E-state index contributed by atoms with van der Waals surface area (Å²) in [5.74, 6) is 0.493. The van der Waals surface area contributed by atoms with Crippen LogP contribution < -0.4 is 0 Å². The molecule has 0 heterocycles. The molecule has 2 fully saturated rings. The Kier molecular flexibility index (Phi) is 0.653. The zero-order valence-electron chi connectivity index (χ0n) is 5.15. The highest BCUT2D eigenvalue weighted by Gasteiger charge is 2.66. The Hall–Kier alpha value is -0.0700. The molecule has 0 amide bonds. The number of halogens is 1. The molecule has 3 atom stereocenters. The van der Waals surface area contributed by atoms with Gasteiger partial charge in [-0.3, -0.25) is 0 Å². The molecule has 0 radical (unpaired) electrons. The lowest BCUT2D eigenvalue weighted by Crippen LogP contribution is -2.26. The van der Waals surface area contributed by atoms with E-state index in [-0.39, 0.29) is 0 Å². The minimum Gasteiger partial charge on any atom is -0.247 e. The molecule has 0 aromatic rings. The lowest BCUT2D eigenvalue weighted by Gasteiger charge is -2.27. The molecule has 0 spiro atoms. The van der Waals surface area contributed by atoms with Crippen LogP contribution in [0.15, 0.2) is 0 Å². The Labute approximate surface area is 49.1 Å². The van der Waals surface area contributed by atoms with Gasteiger partial charge in [-0.2, -0.15) is 0 Å². The molecule has 0 N–H and O–H groups in total. The standard InChI is InChI=1S/C7H11F/c1-2-7-3-5(7)6(8)4-7/h5-6H,2-4H2,1H3/t5-,6+,7+/m1/s1. The van der Waals surface area contributed by atoms with Gasteiger partial charge in [-0.25, -0.2) is 4.39 Å². The minimum absolute atomic E-state index is 0.421. The lowest BCUT2D eigenvalue weighted by atomic mass is 9.81. The molecule has 0 saturated heterocycles. The summed E-state index contributed by atoms with van der Waals surface area (Å²) in [7, 11) is 0. The van der Waals surface area contributed by atoms with Gasteiger partial charge in [-0.15, -0.1) is 0 Å². The maximum Gasteiger partial charge on any atom is 0.104 e. The van der Waals surface area contributed by atoms with Crippen molar-refractivity contribution >= 4 is 0 Å². The number of rotatable bonds is 1. The molecular weight excluding hydrogens is 103 g/mol. The van der Waals surface area contributed by atoms with Crippen LogP contribution in [-0.2, 0) is 0 Å². The Morgan fingerprint density at radius 3 is 2.50 bits per heavy atom. The van der Waals surface area contributed by atoms with Crippen molar-refractivity contribution in [1.82, 2.24) is 0 Å². The predicted molar refractivity (Wildman–Crippen MR) is 30.3 cm³/mol. The zero-order chi connectivity index (χ0) is 5.78. The molecule has 1 heteroatoms. The Bertz CT molecular complexity index is 122. The van der Waals surface area contributed by atoms with E-state index in [1.54, 1.807) is 0 Å². The highest BCUT2D eigenvalue weighted by Crippen LogP contribution is 2.70. The molecule has 46 valence electrons. The van der Waals surface area contributed by atoms with E-state index in [1.165, 1.54) is 12.8 Å². The van der Waals surface area contributed by atoms with Crippen LogP contribution in [0.5, 0.6) is 0 Å². The average molecular weight is 114 g/mol. The number of alkyl halides is 1. The fraction of sp³-hybridized carbons (Fsp3) is 1.00. The van der Waals surface area contributed by atoms with Crippen LogP contribution in [0, 0.1) is 11.3 Å². The molecule has 2 aliphatic rings. The third-order valence-electron chi connectivity index (χ3n) is 3.00. The highest BCUT2D eigenvalue weighted by atomic mass is 19.1. The summed E-state index contributed by atoms with van der Waals surface area (Å²) in [6, 6.07) is 0. The van der Waals surface area contributed by atoms with Crippen molar-refractivity contribution in [2.45, 2.75) is 32.4 Å². The largest absolute Gasteiger partial charge is 0.247 e. The van der Waals surface area contributed by atoms with Crippen LogP contribution in [0.1, 0.15) is 26.2 Å². The van der Waals surface area contributed by atoms with Gasteiger partial charge in [0.2, 0.25) is 0 Å². The van der Waals surface area contributed by atoms with Crippen LogP contribution in [0.2, 0.25) is 0 Å². The van der Waals surface area contributed by atoms with Crippen LogP contribution in [0.4, 0.5) is 4.39 Å². The summed E-state index contributed by atoms with van der Waals surface area (Å²) in [5, 5.41) is 0. The molecule has 2 saturated carbocycles. The van der Waals surface area contributed by atoms with Crippen LogP contribution in [0.3, 0.4) is 0 Å². The van der Waals surface area contributed by atoms with E-state index in [4.69, 9.17) is 0 Å². The van der Waals surface area contributed by atoms with Crippen molar-refractivity contribution in [1.29, 1.82) is 0 Å². The molecule has 0 aromatic heterocycles. The summed E-state index contributed by atoms with van der Waals surface area (Å²) in [6.45, 7) is 2.17. The first-order valence-corrected chi connectivity index (χ1v) is 3.42. The van der Waals surface area contributed by atoms with E-state index >= 15 is 0 Å². The molecule has 0 aromatic carbocycles. The predicted octanol–water partition coefficient (Wildman–Crippen LogP) is 2.14. The topological polar surface area (TPSA) is 0 Å². The summed E-state index contributed by atoms with van der Waals surface area (Å²) in [6.07, 6.45) is 2.84. The zero-order valence-corrected chi connectivity index (χ0v) is 5.15. The van der Waals surface area contributed by atoms with E-state index in [9.17, 15) is 4.39 Å². The molecule has 0 aliphatic heterocycles. The third-order valence-corrected chi connectivity index (χ3v) is 3.00. The molecular formula is C7H11F. The monoisotopic (exact) mass is 114 g/mol. The van der Waals surface area contributed by atoms with Crippen LogP contribution >= 0.6 is 0 Å². The van der Waals surface area contributed by atoms with Gasteiger partial charge >= 0.3 is 0 Å². The van der Waals surface area contributed by atoms with Crippen molar-refractivity contribution < 1.29 is 4.39 Å². The first kappa shape index (κ1) is 4.78. The lowest BCUT2D eigenvalue weighted by molar-refractivity contribution is 0.117. The van der Waals surface area contributed by atoms with Crippen molar-refractivity contribution in [3.05, 3.63) is 0 Å². The number of fused-ring (bicyclic) bond motifs is 1. The van der Waals surface area contributed by atoms with Gasteiger partial charge in [0.1, 0.15) is 6.17 Å². The minimum atomic E-state index is -0.421. The van der Waals surface area contributed by atoms with Gasteiger partial charge in [-0.05, 0) is 30.6 Å². The van der Waals surface area contributed by atoms with Crippen LogP contribution in [0.25, 0.3) is 0 Å². The van der Waals surface area contributed by atoms with E-state index in [2.05, 4.69) is 6.92 Å². The van der Waals surface area contributed by atoms with Crippen molar-refractivity contribution in [2.75, 3.05) is 0 Å². The first-order chi connectivity index (χ1) is 3.78. The quantitative estimate of drug-likeness (QED) is 0.490. The van der Waals surface area contributed by atoms with Gasteiger partial charge in [-0.1, -0.05) is 6.92 Å². The fourth-order valence-electron chi connectivity index (χ4n) is 2.05. The summed E-state index contributed by atoms with van der Waals surface area (Å²) >= 11 is 0. The van der Waals surface area contributed by atoms with E-state index in [0.717, 1.165) is 6.42 Å². The number of hydrogen-bond acceptors (Lipinski definition) is 0. The van der Waals surface area contributed by atoms with E-state index in [1.807, 2.05) is 0 Å². The summed E-state index contributed by atoms with van der Waals surface area (Å²) in [4.78, 5) is 0. The molecule has 0 nitrogen and oxygen atoms in total. The molecule has 0 bridgehead atoms. The second-order valence-electron chi connectivity index (χ2n) is 3.25. The van der Waals surface area contributed by atoms with E-state index < -0.39 is 6.17 Å². The van der Waals surface area contributed by atoms with Gasteiger partial charge < -0.3 is 0 Å². The molecule has 0 unspecified atom stereocenters. The van der Waals surface area contributed by atoms with Gasteiger partial charge in [0.25, 0.3) is 0 Å². The summed E-state index contributed by atoms with van der Waals surface area (Å²) < 4.78 is 12.4. The SMILES string of the molecule is CC[C@@]12C[C@@H]1[C@@H](F)C2. The second kappa shape index (κ2) is 1.09. The van der Waals surface area contributed by atoms with Crippen molar-refractivity contribution in [3.8, 4) is 0 Å². The maximum absolute atomic E-state index is 12.4.